The molecule has 4 nitrogen and oxygen atoms in total. The number of aryl methyl sites for hydroxylation is 1. The number of hydrogen-bond acceptors (Lipinski definition) is 3. The second-order valence-corrected chi connectivity index (χ2v) is 5.44. The van der Waals surface area contributed by atoms with Crippen LogP contribution in [0.2, 0.25) is 0 Å². The van der Waals surface area contributed by atoms with E-state index in [4.69, 9.17) is 0 Å². The fourth-order valence-electron chi connectivity index (χ4n) is 1.64. The molecule has 4 heteroatoms. The van der Waals surface area contributed by atoms with Gasteiger partial charge in [-0.05, 0) is 39.3 Å². The molecule has 1 aromatic rings. The predicted molar refractivity (Wildman–Crippen MR) is 75.0 cm³/mol. The molecule has 1 heterocycles. The van der Waals surface area contributed by atoms with Gasteiger partial charge in [-0.1, -0.05) is 13.3 Å². The fraction of sp³-hybridized carbons (Fsp3) is 0.571. The van der Waals surface area contributed by atoms with Crippen LogP contribution in [0.1, 0.15) is 50.2 Å². The molecule has 18 heavy (non-hydrogen) atoms. The number of carbonyl (C=O) groups is 1. The Morgan fingerprint density at radius 1 is 1.33 bits per heavy atom. The highest BCUT2D eigenvalue weighted by atomic mass is 16.1. The summed E-state index contributed by atoms with van der Waals surface area (Å²) in [5.74, 6) is 0.679. The molecule has 0 aliphatic carbocycles. The van der Waals surface area contributed by atoms with Crippen LogP contribution in [-0.2, 0) is 6.42 Å². The molecule has 0 aliphatic heterocycles. The molecule has 0 atom stereocenters. The fourth-order valence-corrected chi connectivity index (χ4v) is 1.64. The number of nitrogens with one attached hydrogen (secondary N) is 2. The van der Waals surface area contributed by atoms with Crippen molar-refractivity contribution in [3.05, 3.63) is 23.4 Å². The van der Waals surface area contributed by atoms with Crippen LogP contribution in [0, 0.1) is 0 Å². The minimum atomic E-state index is -0.231. The van der Waals surface area contributed by atoms with E-state index in [9.17, 15) is 4.79 Å². The molecule has 0 aromatic carbocycles. The highest BCUT2D eigenvalue weighted by Gasteiger charge is 2.16. The van der Waals surface area contributed by atoms with Gasteiger partial charge in [0.05, 0.1) is 0 Å². The molecule has 0 fully saturated rings. The van der Waals surface area contributed by atoms with Gasteiger partial charge in [0.2, 0.25) is 0 Å². The molecule has 0 radical (unpaired) electrons. The van der Waals surface area contributed by atoms with E-state index in [0.717, 1.165) is 24.4 Å². The topological polar surface area (TPSA) is 54.0 Å². The number of amides is 1. The average molecular weight is 249 g/mol. The Kier molecular flexibility index (Phi) is 4.70. The van der Waals surface area contributed by atoms with E-state index in [-0.39, 0.29) is 11.4 Å². The van der Waals surface area contributed by atoms with Crippen molar-refractivity contribution in [1.29, 1.82) is 0 Å². The molecule has 1 rings (SSSR count). The molecule has 2 N–H and O–H groups in total. The van der Waals surface area contributed by atoms with Crippen molar-refractivity contribution in [3.8, 4) is 0 Å². The third-order valence-electron chi connectivity index (χ3n) is 2.39. The number of carbonyl (C=O) groups excluding carboxylic acids is 1. The standard InChI is InChI=1S/C14H23N3O/c1-6-7-11-8-10(9-12(15-5)16-11)13(18)17-14(2,3)4/h8-9H,6-7H2,1-5H3,(H,15,16)(H,17,18). The smallest absolute Gasteiger partial charge is 0.251 e. The van der Waals surface area contributed by atoms with E-state index in [1.807, 2.05) is 33.9 Å². The number of pyridine rings is 1. The van der Waals surface area contributed by atoms with E-state index in [0.29, 0.717) is 5.56 Å². The lowest BCUT2D eigenvalue weighted by Gasteiger charge is -2.20. The number of hydrogen-bond donors (Lipinski definition) is 2. The first-order chi connectivity index (χ1) is 8.35. The highest BCUT2D eigenvalue weighted by Crippen LogP contribution is 2.13. The molecule has 1 aromatic heterocycles. The van der Waals surface area contributed by atoms with Crippen LogP contribution in [0.5, 0.6) is 0 Å². The predicted octanol–water partition coefficient (Wildman–Crippen LogP) is 2.60. The lowest BCUT2D eigenvalue weighted by Crippen LogP contribution is -2.40. The van der Waals surface area contributed by atoms with E-state index < -0.39 is 0 Å². The lowest BCUT2D eigenvalue weighted by atomic mass is 10.1. The second kappa shape index (κ2) is 5.85. The first-order valence-corrected chi connectivity index (χ1v) is 6.37. The summed E-state index contributed by atoms with van der Waals surface area (Å²) in [5.41, 5.74) is 1.38. The first-order valence-electron chi connectivity index (χ1n) is 6.37. The minimum absolute atomic E-state index is 0.0567. The zero-order chi connectivity index (χ0) is 13.8. The largest absolute Gasteiger partial charge is 0.373 e. The summed E-state index contributed by atoms with van der Waals surface area (Å²) in [6, 6.07) is 3.64. The van der Waals surface area contributed by atoms with E-state index in [1.54, 1.807) is 6.07 Å². The molecule has 100 valence electrons. The molecule has 0 saturated carbocycles. The maximum absolute atomic E-state index is 12.1. The van der Waals surface area contributed by atoms with Crippen LogP contribution in [0.15, 0.2) is 12.1 Å². The second-order valence-electron chi connectivity index (χ2n) is 5.44. The number of anilines is 1. The van der Waals surface area contributed by atoms with Crippen LogP contribution < -0.4 is 10.6 Å². The van der Waals surface area contributed by atoms with Crippen LogP contribution in [0.25, 0.3) is 0 Å². The van der Waals surface area contributed by atoms with Crippen molar-refractivity contribution in [2.45, 2.75) is 46.1 Å². The van der Waals surface area contributed by atoms with Gasteiger partial charge in [-0.25, -0.2) is 4.98 Å². The van der Waals surface area contributed by atoms with Gasteiger partial charge < -0.3 is 10.6 Å². The third kappa shape index (κ3) is 4.35. The van der Waals surface area contributed by atoms with E-state index in [1.165, 1.54) is 0 Å². The molecule has 1 amide bonds. The third-order valence-corrected chi connectivity index (χ3v) is 2.39. The van der Waals surface area contributed by atoms with Gasteiger partial charge in [0.15, 0.2) is 0 Å². The molecule has 0 saturated heterocycles. The van der Waals surface area contributed by atoms with Crippen molar-refractivity contribution in [3.63, 3.8) is 0 Å². The molecular weight excluding hydrogens is 226 g/mol. The maximum atomic E-state index is 12.1. The molecule has 0 spiro atoms. The Labute approximate surface area is 109 Å². The van der Waals surface area contributed by atoms with E-state index in [2.05, 4.69) is 22.5 Å². The summed E-state index contributed by atoms with van der Waals surface area (Å²) in [6.07, 6.45) is 1.89. The summed E-state index contributed by atoms with van der Waals surface area (Å²) in [5, 5.41) is 5.95. The van der Waals surface area contributed by atoms with Crippen molar-refractivity contribution in [1.82, 2.24) is 10.3 Å². The van der Waals surface area contributed by atoms with Crippen LogP contribution >= 0.6 is 0 Å². The zero-order valence-corrected chi connectivity index (χ0v) is 11.9. The van der Waals surface area contributed by atoms with Crippen molar-refractivity contribution in [2.75, 3.05) is 12.4 Å². The van der Waals surface area contributed by atoms with Gasteiger partial charge >= 0.3 is 0 Å². The van der Waals surface area contributed by atoms with Crippen molar-refractivity contribution in [2.24, 2.45) is 0 Å². The summed E-state index contributed by atoms with van der Waals surface area (Å²) in [4.78, 5) is 16.5. The van der Waals surface area contributed by atoms with Gasteiger partial charge in [-0.15, -0.1) is 0 Å². The van der Waals surface area contributed by atoms with Gasteiger partial charge in [-0.2, -0.15) is 0 Å². The van der Waals surface area contributed by atoms with Gasteiger partial charge in [-0.3, -0.25) is 4.79 Å². The van der Waals surface area contributed by atoms with Crippen molar-refractivity contribution < 1.29 is 4.79 Å². The zero-order valence-electron chi connectivity index (χ0n) is 11.9. The Bertz CT molecular complexity index is 422. The monoisotopic (exact) mass is 249 g/mol. The molecule has 0 bridgehead atoms. The lowest BCUT2D eigenvalue weighted by molar-refractivity contribution is 0.0919. The van der Waals surface area contributed by atoms with Crippen LogP contribution in [-0.4, -0.2) is 23.5 Å². The summed E-state index contributed by atoms with van der Waals surface area (Å²) in [6.45, 7) is 8.01. The molecule has 0 unspecified atom stereocenters. The van der Waals surface area contributed by atoms with Gasteiger partial charge in [0, 0.05) is 23.8 Å². The minimum Gasteiger partial charge on any atom is -0.373 e. The number of nitrogens with zero attached hydrogens (tertiary/aromatic N) is 1. The quantitative estimate of drug-likeness (QED) is 0.862. The summed E-state index contributed by atoms with van der Waals surface area (Å²) < 4.78 is 0. The number of rotatable bonds is 4. The number of aromatic nitrogens is 1. The SMILES string of the molecule is CCCc1cc(C(=O)NC(C)(C)C)cc(NC)n1. The Morgan fingerprint density at radius 3 is 2.50 bits per heavy atom. The maximum Gasteiger partial charge on any atom is 0.251 e. The first kappa shape index (κ1) is 14.5. The summed E-state index contributed by atoms with van der Waals surface area (Å²) in [7, 11) is 1.81. The Hall–Kier alpha value is -1.58. The highest BCUT2D eigenvalue weighted by molar-refractivity contribution is 5.95. The van der Waals surface area contributed by atoms with E-state index >= 15 is 0 Å². The van der Waals surface area contributed by atoms with Crippen LogP contribution in [0.4, 0.5) is 5.82 Å². The Morgan fingerprint density at radius 2 is 2.00 bits per heavy atom. The molecule has 0 aliphatic rings. The summed E-state index contributed by atoms with van der Waals surface area (Å²) >= 11 is 0. The van der Waals surface area contributed by atoms with Crippen molar-refractivity contribution >= 4 is 11.7 Å². The Balaban J connectivity index is 3.00. The molecular formula is C14H23N3O. The normalized spacial score (nSPS) is 11.2. The van der Waals surface area contributed by atoms with Gasteiger partial charge in [0.1, 0.15) is 5.82 Å². The van der Waals surface area contributed by atoms with Crippen LogP contribution in [0.3, 0.4) is 0 Å². The average Bonchev–Trinajstić information content (AvgIpc) is 2.26. The van der Waals surface area contributed by atoms with Gasteiger partial charge in [0.25, 0.3) is 5.91 Å².